The van der Waals surface area contributed by atoms with E-state index in [1.807, 2.05) is 17.0 Å². The summed E-state index contributed by atoms with van der Waals surface area (Å²) in [6.07, 6.45) is 14.6. The molecule has 2 aliphatic rings. The molecule has 0 N–H and O–H groups in total. The Hall–Kier alpha value is -2.24. The van der Waals surface area contributed by atoms with E-state index in [4.69, 9.17) is 4.98 Å². The predicted octanol–water partition coefficient (Wildman–Crippen LogP) is 3.08. The van der Waals surface area contributed by atoms with Crippen molar-refractivity contribution in [2.24, 2.45) is 5.92 Å². The Balaban J connectivity index is 1.60. The van der Waals surface area contributed by atoms with E-state index in [0.29, 0.717) is 5.91 Å². The van der Waals surface area contributed by atoms with Crippen molar-refractivity contribution in [2.45, 2.75) is 57.9 Å². The molecule has 6 nitrogen and oxygen atoms in total. The summed E-state index contributed by atoms with van der Waals surface area (Å²) >= 11 is 0. The van der Waals surface area contributed by atoms with E-state index in [1.54, 1.807) is 12.4 Å². The van der Waals surface area contributed by atoms with Crippen molar-refractivity contribution >= 4 is 5.91 Å². The largest absolute Gasteiger partial charge is 0.334 e. The van der Waals surface area contributed by atoms with E-state index in [2.05, 4.69) is 21.8 Å². The highest BCUT2D eigenvalue weighted by molar-refractivity contribution is 5.79. The minimum absolute atomic E-state index is 0.0640. The van der Waals surface area contributed by atoms with Gasteiger partial charge in [-0.3, -0.25) is 14.3 Å². The highest BCUT2D eigenvalue weighted by Crippen LogP contribution is 2.35. The number of aryl methyl sites for hydroxylation is 1. The molecule has 25 heavy (non-hydrogen) atoms. The van der Waals surface area contributed by atoms with Crippen LogP contribution >= 0.6 is 0 Å². The van der Waals surface area contributed by atoms with Gasteiger partial charge in [-0.2, -0.15) is 0 Å². The van der Waals surface area contributed by atoms with E-state index in [1.165, 1.54) is 12.8 Å². The highest BCUT2D eigenvalue weighted by Gasteiger charge is 2.35. The Morgan fingerprint density at radius 3 is 2.84 bits per heavy atom. The van der Waals surface area contributed by atoms with Crippen molar-refractivity contribution in [3.8, 4) is 5.82 Å². The van der Waals surface area contributed by atoms with Gasteiger partial charge in [0, 0.05) is 31.3 Å². The molecule has 0 aromatic carbocycles. The number of hydrogen-bond donors (Lipinski definition) is 0. The molecule has 1 saturated carbocycles. The van der Waals surface area contributed by atoms with Crippen LogP contribution in [-0.2, 0) is 11.2 Å². The van der Waals surface area contributed by atoms with Crippen molar-refractivity contribution in [1.29, 1.82) is 0 Å². The number of aromatic nitrogens is 4. The second-order valence-electron chi connectivity index (χ2n) is 7.04. The summed E-state index contributed by atoms with van der Waals surface area (Å²) in [4.78, 5) is 28.6. The Kier molecular flexibility index (Phi) is 4.51. The van der Waals surface area contributed by atoms with Crippen LogP contribution in [0.5, 0.6) is 0 Å². The molecule has 1 atom stereocenters. The van der Waals surface area contributed by atoms with E-state index < -0.39 is 0 Å². The van der Waals surface area contributed by atoms with Crippen LogP contribution in [0.4, 0.5) is 0 Å². The number of carbonyl (C=O) groups is 1. The average molecular weight is 339 g/mol. The molecule has 0 radical (unpaired) electrons. The van der Waals surface area contributed by atoms with E-state index in [-0.39, 0.29) is 12.0 Å². The van der Waals surface area contributed by atoms with Crippen LogP contribution in [0.1, 0.15) is 63.0 Å². The summed E-state index contributed by atoms with van der Waals surface area (Å²) in [6, 6.07) is 0.0640. The second-order valence-corrected chi connectivity index (χ2v) is 7.04. The molecule has 1 aliphatic carbocycles. The molecule has 4 rings (SSSR count). The summed E-state index contributed by atoms with van der Waals surface area (Å²) in [7, 11) is 0. The molecule has 3 heterocycles. The standard InChI is InChI=1S/C19H25N5O/c1-2-17-21-9-11-24(17)18-13-20-12-15(22-18)16-8-5-10-23(16)19(25)14-6-3-4-7-14/h9,11-14,16H,2-8,10H2,1H3. The maximum Gasteiger partial charge on any atom is 0.226 e. The van der Waals surface area contributed by atoms with Crippen LogP contribution in [0.2, 0.25) is 0 Å². The molecule has 1 aliphatic heterocycles. The van der Waals surface area contributed by atoms with Gasteiger partial charge in [0.15, 0.2) is 5.82 Å². The number of hydrogen-bond acceptors (Lipinski definition) is 4. The first-order valence-electron chi connectivity index (χ1n) is 9.43. The summed E-state index contributed by atoms with van der Waals surface area (Å²) < 4.78 is 1.98. The Morgan fingerprint density at radius 1 is 1.20 bits per heavy atom. The van der Waals surface area contributed by atoms with E-state index >= 15 is 0 Å². The Labute approximate surface area is 148 Å². The van der Waals surface area contributed by atoms with Gasteiger partial charge in [0.1, 0.15) is 5.82 Å². The first-order chi connectivity index (χ1) is 12.3. The third kappa shape index (κ3) is 3.05. The summed E-state index contributed by atoms with van der Waals surface area (Å²) in [5.74, 6) is 2.30. The van der Waals surface area contributed by atoms with Crippen LogP contribution in [0, 0.1) is 5.92 Å². The lowest BCUT2D eigenvalue weighted by atomic mass is 10.1. The molecule has 2 aromatic rings. The van der Waals surface area contributed by atoms with Gasteiger partial charge in [-0.25, -0.2) is 9.97 Å². The van der Waals surface area contributed by atoms with Gasteiger partial charge in [0.2, 0.25) is 5.91 Å². The maximum atomic E-state index is 12.9. The molecule has 1 amide bonds. The summed E-state index contributed by atoms with van der Waals surface area (Å²) in [5.41, 5.74) is 0.900. The van der Waals surface area contributed by atoms with Gasteiger partial charge in [0.05, 0.1) is 24.1 Å². The van der Waals surface area contributed by atoms with E-state index in [0.717, 1.165) is 56.0 Å². The molecule has 1 saturated heterocycles. The van der Waals surface area contributed by atoms with Crippen LogP contribution in [0.15, 0.2) is 24.8 Å². The lowest BCUT2D eigenvalue weighted by molar-refractivity contribution is -0.136. The molecule has 0 spiro atoms. The molecule has 6 heteroatoms. The molecule has 2 fully saturated rings. The van der Waals surface area contributed by atoms with Crippen LogP contribution in [0.25, 0.3) is 5.82 Å². The van der Waals surface area contributed by atoms with Crippen LogP contribution in [-0.4, -0.2) is 36.9 Å². The number of likely N-dealkylation sites (tertiary alicyclic amines) is 1. The lowest BCUT2D eigenvalue weighted by Gasteiger charge is -2.27. The first kappa shape index (κ1) is 16.2. The number of rotatable bonds is 4. The Morgan fingerprint density at radius 2 is 2.04 bits per heavy atom. The lowest BCUT2D eigenvalue weighted by Crippen LogP contribution is -2.35. The van der Waals surface area contributed by atoms with Gasteiger partial charge in [0.25, 0.3) is 0 Å². The fourth-order valence-corrected chi connectivity index (χ4v) is 4.20. The minimum Gasteiger partial charge on any atom is -0.334 e. The maximum absolute atomic E-state index is 12.9. The zero-order valence-corrected chi connectivity index (χ0v) is 14.8. The molecule has 1 unspecified atom stereocenters. The van der Waals surface area contributed by atoms with Crippen molar-refractivity contribution in [1.82, 2.24) is 24.4 Å². The third-order valence-electron chi connectivity index (χ3n) is 5.50. The van der Waals surface area contributed by atoms with Crippen molar-refractivity contribution in [3.05, 3.63) is 36.3 Å². The first-order valence-corrected chi connectivity index (χ1v) is 9.43. The van der Waals surface area contributed by atoms with Crippen molar-refractivity contribution < 1.29 is 4.79 Å². The smallest absolute Gasteiger partial charge is 0.226 e. The topological polar surface area (TPSA) is 63.9 Å². The van der Waals surface area contributed by atoms with Crippen LogP contribution in [0.3, 0.4) is 0 Å². The van der Waals surface area contributed by atoms with Crippen LogP contribution < -0.4 is 0 Å². The number of nitrogens with zero attached hydrogens (tertiary/aromatic N) is 5. The minimum atomic E-state index is 0.0640. The number of carbonyl (C=O) groups excluding carboxylic acids is 1. The van der Waals surface area contributed by atoms with Gasteiger partial charge < -0.3 is 4.90 Å². The quantitative estimate of drug-likeness (QED) is 0.859. The van der Waals surface area contributed by atoms with Gasteiger partial charge in [-0.1, -0.05) is 19.8 Å². The zero-order valence-electron chi connectivity index (χ0n) is 14.8. The monoisotopic (exact) mass is 339 g/mol. The predicted molar refractivity (Wildman–Crippen MR) is 94.2 cm³/mol. The van der Waals surface area contributed by atoms with Gasteiger partial charge in [-0.15, -0.1) is 0 Å². The highest BCUT2D eigenvalue weighted by atomic mass is 16.2. The fraction of sp³-hybridized carbons (Fsp3) is 0.579. The number of amides is 1. The van der Waals surface area contributed by atoms with Crippen molar-refractivity contribution in [2.75, 3.05) is 6.54 Å². The van der Waals surface area contributed by atoms with Crippen molar-refractivity contribution in [3.63, 3.8) is 0 Å². The number of imidazole rings is 1. The second kappa shape index (κ2) is 6.94. The molecule has 2 aromatic heterocycles. The summed E-state index contributed by atoms with van der Waals surface area (Å²) in [5, 5.41) is 0. The normalized spacial score (nSPS) is 21.2. The molecule has 132 valence electrons. The molecule has 0 bridgehead atoms. The van der Waals surface area contributed by atoms with Gasteiger partial charge >= 0.3 is 0 Å². The molecular weight excluding hydrogens is 314 g/mol. The van der Waals surface area contributed by atoms with E-state index in [9.17, 15) is 4.79 Å². The SMILES string of the molecule is CCc1nccn1-c1cncc(C2CCCN2C(=O)C2CCCC2)n1. The molecular formula is C19H25N5O. The third-order valence-corrected chi connectivity index (χ3v) is 5.50. The van der Waals surface area contributed by atoms with Gasteiger partial charge in [-0.05, 0) is 25.7 Å². The zero-order chi connectivity index (χ0) is 17.2. The Bertz CT molecular complexity index is 750. The summed E-state index contributed by atoms with van der Waals surface area (Å²) in [6.45, 7) is 2.92. The fourth-order valence-electron chi connectivity index (χ4n) is 4.20. The average Bonchev–Trinajstić information content (AvgIpc) is 3.42.